The first-order chi connectivity index (χ1) is 20.8. The lowest BCUT2D eigenvalue weighted by Crippen LogP contribution is -2.39. The molecule has 0 saturated carbocycles. The second-order valence-electron chi connectivity index (χ2n) is 10.6. The van der Waals surface area contributed by atoms with Crippen molar-refractivity contribution in [1.29, 1.82) is 0 Å². The largest absolute Gasteiger partial charge is 0.392 e. The Kier molecular flexibility index (Phi) is 10.8. The number of nitrogens with one attached hydrogen (secondary N) is 1. The predicted molar refractivity (Wildman–Crippen MR) is 171 cm³/mol. The van der Waals surface area contributed by atoms with Crippen LogP contribution in [0.5, 0.6) is 0 Å². The van der Waals surface area contributed by atoms with Gasteiger partial charge in [-0.25, -0.2) is 0 Å². The first-order valence-corrected chi connectivity index (χ1v) is 15.2. The molecule has 6 nitrogen and oxygen atoms in total. The number of benzene rings is 4. The molecular formula is C34H33Cl3N2O4. The smallest absolute Gasteiger partial charge is 0.276 e. The van der Waals surface area contributed by atoms with E-state index in [4.69, 9.17) is 44.3 Å². The molecule has 0 spiro atoms. The van der Waals surface area contributed by atoms with E-state index in [2.05, 4.69) is 58.7 Å². The number of carbonyl (C=O) groups is 1. The van der Waals surface area contributed by atoms with Crippen molar-refractivity contribution >= 4 is 46.4 Å². The summed E-state index contributed by atoms with van der Waals surface area (Å²) in [4.78, 5) is 14.7. The lowest BCUT2D eigenvalue weighted by molar-refractivity contribution is -0.253. The standard InChI is InChI=1S/C34H33Cl3N2O4/c35-34(36,37)33(41)38-29-13-7-12-28(18-29)32-42-30(19-31(43-32)27-16-14-26(23-40)15-17-27)22-39(20-24-8-3-1-4-9-24)21-25-10-5-2-6-11-25/h1-18,30-32,40H,19-23H2,(H,38,41)/t30-,31+,32+/m0/s1. The van der Waals surface area contributed by atoms with Crippen LogP contribution in [0.1, 0.15) is 46.6 Å². The maximum Gasteiger partial charge on any atom is 0.276 e. The molecular weight excluding hydrogens is 607 g/mol. The van der Waals surface area contributed by atoms with Crippen molar-refractivity contribution < 1.29 is 19.4 Å². The van der Waals surface area contributed by atoms with E-state index in [0.717, 1.165) is 29.8 Å². The van der Waals surface area contributed by atoms with Crippen LogP contribution in [0.3, 0.4) is 0 Å². The molecule has 2 N–H and O–H groups in total. The van der Waals surface area contributed by atoms with Crippen LogP contribution in [0.15, 0.2) is 109 Å². The molecule has 224 valence electrons. The van der Waals surface area contributed by atoms with Crippen LogP contribution in [-0.2, 0) is 34.0 Å². The number of nitrogens with zero attached hydrogens (tertiary/aromatic N) is 1. The number of ether oxygens (including phenoxy) is 2. The molecule has 0 radical (unpaired) electrons. The average Bonchev–Trinajstić information content (AvgIpc) is 3.01. The van der Waals surface area contributed by atoms with E-state index < -0.39 is 16.0 Å². The summed E-state index contributed by atoms with van der Waals surface area (Å²) in [6.45, 7) is 2.16. The molecule has 1 aliphatic rings. The molecule has 1 fully saturated rings. The van der Waals surface area contributed by atoms with Crippen LogP contribution in [0.4, 0.5) is 5.69 Å². The predicted octanol–water partition coefficient (Wildman–Crippen LogP) is 7.74. The lowest BCUT2D eigenvalue weighted by atomic mass is 9.99. The summed E-state index contributed by atoms with van der Waals surface area (Å²) in [5.41, 5.74) is 5.45. The van der Waals surface area contributed by atoms with E-state index in [0.29, 0.717) is 18.7 Å². The van der Waals surface area contributed by atoms with Gasteiger partial charge in [-0.2, -0.15) is 0 Å². The molecule has 5 rings (SSSR count). The molecule has 1 aliphatic heterocycles. The Morgan fingerprint density at radius 3 is 2.00 bits per heavy atom. The van der Waals surface area contributed by atoms with Crippen molar-refractivity contribution in [2.45, 2.75) is 48.4 Å². The summed E-state index contributed by atoms with van der Waals surface area (Å²) >= 11 is 17.3. The lowest BCUT2D eigenvalue weighted by Gasteiger charge is -2.38. The van der Waals surface area contributed by atoms with Gasteiger partial charge in [0.2, 0.25) is 0 Å². The fraction of sp³-hybridized carbons (Fsp3) is 0.265. The Balaban J connectivity index is 1.41. The fourth-order valence-electron chi connectivity index (χ4n) is 5.15. The van der Waals surface area contributed by atoms with E-state index in [9.17, 15) is 9.90 Å². The molecule has 0 aliphatic carbocycles. The zero-order valence-electron chi connectivity index (χ0n) is 23.4. The van der Waals surface area contributed by atoms with Crippen LogP contribution in [0.2, 0.25) is 0 Å². The minimum absolute atomic E-state index is 0.0270. The van der Waals surface area contributed by atoms with E-state index >= 15 is 0 Å². The molecule has 1 amide bonds. The summed E-state index contributed by atoms with van der Waals surface area (Å²) in [6, 6.07) is 35.7. The van der Waals surface area contributed by atoms with Gasteiger partial charge in [-0.3, -0.25) is 9.69 Å². The monoisotopic (exact) mass is 638 g/mol. The van der Waals surface area contributed by atoms with Crippen LogP contribution >= 0.6 is 34.8 Å². The summed E-state index contributed by atoms with van der Waals surface area (Å²) in [7, 11) is 0. The number of alkyl halides is 3. The quantitative estimate of drug-likeness (QED) is 0.174. The summed E-state index contributed by atoms with van der Waals surface area (Å²) in [6.07, 6.45) is -0.501. The molecule has 1 saturated heterocycles. The Labute approximate surface area is 267 Å². The number of halogens is 3. The van der Waals surface area contributed by atoms with Gasteiger partial charge in [-0.15, -0.1) is 0 Å². The van der Waals surface area contributed by atoms with Crippen LogP contribution in [0.25, 0.3) is 0 Å². The van der Waals surface area contributed by atoms with Crippen molar-refractivity contribution in [2.24, 2.45) is 0 Å². The Bertz CT molecular complexity index is 1430. The number of hydrogen-bond donors (Lipinski definition) is 2. The van der Waals surface area contributed by atoms with Gasteiger partial charge in [-0.1, -0.05) is 132 Å². The summed E-state index contributed by atoms with van der Waals surface area (Å²) < 4.78 is 11.0. The van der Waals surface area contributed by atoms with E-state index in [1.54, 1.807) is 18.2 Å². The maximum atomic E-state index is 12.3. The number of amides is 1. The maximum absolute atomic E-state index is 12.3. The van der Waals surface area contributed by atoms with Crippen molar-refractivity contribution in [3.8, 4) is 0 Å². The molecule has 9 heteroatoms. The highest BCUT2D eigenvalue weighted by atomic mass is 35.6. The molecule has 0 aromatic heterocycles. The van der Waals surface area contributed by atoms with Gasteiger partial charge in [-0.05, 0) is 34.4 Å². The molecule has 0 unspecified atom stereocenters. The topological polar surface area (TPSA) is 71.0 Å². The van der Waals surface area contributed by atoms with Gasteiger partial charge in [0.1, 0.15) is 0 Å². The van der Waals surface area contributed by atoms with E-state index in [1.165, 1.54) is 11.1 Å². The van der Waals surface area contributed by atoms with Crippen LogP contribution in [0, 0.1) is 0 Å². The molecule has 4 aromatic rings. The van der Waals surface area contributed by atoms with Crippen molar-refractivity contribution in [2.75, 3.05) is 11.9 Å². The molecule has 3 atom stereocenters. The molecule has 4 aromatic carbocycles. The minimum Gasteiger partial charge on any atom is -0.392 e. The first kappa shape index (κ1) is 31.5. The van der Waals surface area contributed by atoms with Gasteiger partial charge in [0.05, 0.1) is 18.8 Å². The van der Waals surface area contributed by atoms with Crippen LogP contribution < -0.4 is 5.32 Å². The molecule has 43 heavy (non-hydrogen) atoms. The number of aliphatic hydroxyl groups is 1. The normalized spacial score (nSPS) is 18.9. The van der Waals surface area contributed by atoms with Crippen molar-refractivity contribution in [3.63, 3.8) is 0 Å². The van der Waals surface area contributed by atoms with Crippen molar-refractivity contribution in [1.82, 2.24) is 4.90 Å². The third kappa shape index (κ3) is 9.03. The Hall–Kier alpha value is -2.94. The second-order valence-corrected chi connectivity index (χ2v) is 12.8. The number of carbonyl (C=O) groups excluding carboxylic acids is 1. The van der Waals surface area contributed by atoms with Crippen LogP contribution in [-0.4, -0.2) is 32.4 Å². The number of hydrogen-bond acceptors (Lipinski definition) is 5. The highest BCUT2D eigenvalue weighted by Crippen LogP contribution is 2.39. The highest BCUT2D eigenvalue weighted by molar-refractivity contribution is 6.76. The van der Waals surface area contributed by atoms with Gasteiger partial charge < -0.3 is 19.9 Å². The zero-order chi connectivity index (χ0) is 30.2. The van der Waals surface area contributed by atoms with Gasteiger partial charge in [0.25, 0.3) is 9.70 Å². The number of rotatable bonds is 10. The van der Waals surface area contributed by atoms with Crippen molar-refractivity contribution in [3.05, 3.63) is 137 Å². The highest BCUT2D eigenvalue weighted by Gasteiger charge is 2.34. The summed E-state index contributed by atoms with van der Waals surface area (Å²) in [5, 5.41) is 12.2. The Morgan fingerprint density at radius 2 is 1.42 bits per heavy atom. The average molecular weight is 640 g/mol. The first-order valence-electron chi connectivity index (χ1n) is 14.1. The second kappa shape index (κ2) is 14.7. The minimum atomic E-state index is -2.09. The van der Waals surface area contributed by atoms with Gasteiger partial charge >= 0.3 is 0 Å². The molecule has 1 heterocycles. The number of aliphatic hydroxyl groups excluding tert-OH is 1. The van der Waals surface area contributed by atoms with Gasteiger partial charge in [0.15, 0.2) is 6.29 Å². The molecule has 0 bridgehead atoms. The zero-order valence-corrected chi connectivity index (χ0v) is 25.7. The third-order valence-electron chi connectivity index (χ3n) is 7.25. The SMILES string of the molecule is O=C(Nc1cccc([C@@H]2O[C@H](CN(Cc3ccccc3)Cc3ccccc3)C[C@H](c3ccc(CO)cc3)O2)c1)C(Cl)(Cl)Cl. The van der Waals surface area contributed by atoms with E-state index in [-0.39, 0.29) is 18.8 Å². The third-order valence-corrected chi connectivity index (χ3v) is 7.76. The van der Waals surface area contributed by atoms with E-state index in [1.807, 2.05) is 42.5 Å². The number of anilines is 1. The fourth-order valence-corrected chi connectivity index (χ4v) is 5.30. The Morgan fingerprint density at radius 1 is 0.791 bits per heavy atom. The van der Waals surface area contributed by atoms with Gasteiger partial charge in [0, 0.05) is 37.3 Å². The summed E-state index contributed by atoms with van der Waals surface area (Å²) in [5.74, 6) is -0.752.